The van der Waals surface area contributed by atoms with E-state index in [-0.39, 0.29) is 5.91 Å². The number of hydrogen-bond acceptors (Lipinski definition) is 10. The van der Waals surface area contributed by atoms with Crippen molar-refractivity contribution in [3.8, 4) is 34.0 Å². The summed E-state index contributed by atoms with van der Waals surface area (Å²) in [6, 6.07) is 17.5. The SMILES string of the molecule is C=CC(=O)N(C)c1nnc(-c2ccc(C=O)cc2)cc1OC.CNc1nnc(-c2ccc(C=O)cc2)cc1OC. The number of carbonyl (C=O) groups is 3. The fourth-order valence-corrected chi connectivity index (χ4v) is 3.44. The highest BCUT2D eigenvalue weighted by Crippen LogP contribution is 2.29. The molecule has 11 heteroatoms. The Morgan fingerprint density at radius 2 is 1.27 bits per heavy atom. The van der Waals surface area contributed by atoms with Crippen molar-refractivity contribution in [1.29, 1.82) is 0 Å². The number of nitrogens with one attached hydrogen (secondary N) is 1. The van der Waals surface area contributed by atoms with Crippen molar-refractivity contribution < 1.29 is 23.9 Å². The second-order valence-electron chi connectivity index (χ2n) is 8.10. The van der Waals surface area contributed by atoms with Crippen molar-refractivity contribution in [3.05, 3.63) is 84.4 Å². The van der Waals surface area contributed by atoms with Gasteiger partial charge in [0, 0.05) is 48.5 Å². The lowest BCUT2D eigenvalue weighted by Crippen LogP contribution is -2.25. The largest absolute Gasteiger partial charge is 0.493 e. The Bertz CT molecular complexity index is 1490. The number of benzene rings is 2. The van der Waals surface area contributed by atoms with Crippen molar-refractivity contribution in [1.82, 2.24) is 20.4 Å². The van der Waals surface area contributed by atoms with Gasteiger partial charge in [0.05, 0.1) is 25.6 Å². The number of amides is 1. The molecule has 1 amide bonds. The minimum absolute atomic E-state index is 0.306. The number of ether oxygens (including phenoxy) is 2. The lowest BCUT2D eigenvalue weighted by atomic mass is 10.1. The van der Waals surface area contributed by atoms with E-state index < -0.39 is 0 Å². The third-order valence-electron chi connectivity index (χ3n) is 5.68. The Morgan fingerprint density at radius 3 is 1.70 bits per heavy atom. The van der Waals surface area contributed by atoms with Crippen LogP contribution in [-0.4, -0.2) is 67.2 Å². The highest BCUT2D eigenvalue weighted by Gasteiger charge is 2.17. The summed E-state index contributed by atoms with van der Waals surface area (Å²) in [5, 5.41) is 19.2. The monoisotopic (exact) mass is 540 g/mol. The first-order valence-electron chi connectivity index (χ1n) is 11.9. The Hall–Kier alpha value is -5.45. The number of aldehydes is 2. The van der Waals surface area contributed by atoms with Crippen LogP contribution in [0.15, 0.2) is 73.3 Å². The molecule has 0 spiro atoms. The third kappa shape index (κ3) is 6.90. The van der Waals surface area contributed by atoms with Gasteiger partial charge in [-0.05, 0) is 6.08 Å². The summed E-state index contributed by atoms with van der Waals surface area (Å²) in [6.07, 6.45) is 2.77. The van der Waals surface area contributed by atoms with Crippen LogP contribution < -0.4 is 19.7 Å². The molecule has 40 heavy (non-hydrogen) atoms. The summed E-state index contributed by atoms with van der Waals surface area (Å²) in [5.41, 5.74) is 4.16. The topological polar surface area (TPSA) is 136 Å². The molecule has 0 bridgehead atoms. The van der Waals surface area contributed by atoms with Crippen LogP contribution in [0.5, 0.6) is 11.5 Å². The van der Waals surface area contributed by atoms with E-state index in [4.69, 9.17) is 9.47 Å². The van der Waals surface area contributed by atoms with Crippen molar-refractivity contribution in [2.24, 2.45) is 0 Å². The molecule has 4 aromatic rings. The van der Waals surface area contributed by atoms with E-state index in [1.54, 1.807) is 69.7 Å². The van der Waals surface area contributed by atoms with Crippen molar-refractivity contribution >= 4 is 30.1 Å². The van der Waals surface area contributed by atoms with Gasteiger partial charge >= 0.3 is 0 Å². The van der Waals surface area contributed by atoms with Crippen molar-refractivity contribution in [3.63, 3.8) is 0 Å². The molecular weight excluding hydrogens is 512 g/mol. The first-order valence-corrected chi connectivity index (χ1v) is 11.9. The predicted octanol–water partition coefficient (Wildman–Crippen LogP) is 4.12. The second kappa shape index (κ2) is 13.9. The number of likely N-dealkylation sites (N-methyl/N-ethyl adjacent to an activating group) is 1. The van der Waals surface area contributed by atoms with Gasteiger partial charge in [-0.1, -0.05) is 55.1 Å². The van der Waals surface area contributed by atoms with Crippen LogP contribution in [0.2, 0.25) is 0 Å². The van der Waals surface area contributed by atoms with Gasteiger partial charge in [-0.2, -0.15) is 0 Å². The smallest absolute Gasteiger partial charge is 0.251 e. The van der Waals surface area contributed by atoms with Crippen LogP contribution in [0, 0.1) is 0 Å². The van der Waals surface area contributed by atoms with Crippen LogP contribution in [0.3, 0.4) is 0 Å². The quantitative estimate of drug-likeness (QED) is 0.244. The zero-order chi connectivity index (χ0) is 29.1. The van der Waals surface area contributed by atoms with Crippen LogP contribution >= 0.6 is 0 Å². The highest BCUT2D eigenvalue weighted by molar-refractivity contribution is 6.00. The second-order valence-corrected chi connectivity index (χ2v) is 8.10. The molecule has 0 unspecified atom stereocenters. The standard InChI is InChI=1S/C16H15N3O3.C13H13N3O2/c1-4-15(21)19(2)16-14(22-3)9-13(17-18-16)12-7-5-11(10-20)6-8-12;1-14-13-12(18-2)7-11(15-16-13)10-5-3-9(8-17)4-6-10/h4-10H,1H2,2-3H3;3-8H,1-2H3,(H,14,16). The van der Waals surface area contributed by atoms with Gasteiger partial charge in [-0.3, -0.25) is 19.3 Å². The fourth-order valence-electron chi connectivity index (χ4n) is 3.44. The number of rotatable bonds is 9. The zero-order valence-corrected chi connectivity index (χ0v) is 22.5. The van der Waals surface area contributed by atoms with E-state index in [0.29, 0.717) is 45.6 Å². The van der Waals surface area contributed by atoms with Crippen molar-refractivity contribution in [2.45, 2.75) is 0 Å². The fraction of sp³-hybridized carbons (Fsp3) is 0.138. The summed E-state index contributed by atoms with van der Waals surface area (Å²) in [4.78, 5) is 34.2. The molecule has 2 heterocycles. The first-order chi connectivity index (χ1) is 19.4. The van der Waals surface area contributed by atoms with Gasteiger partial charge in [0.2, 0.25) is 0 Å². The summed E-state index contributed by atoms with van der Waals surface area (Å²) in [6.45, 7) is 3.44. The number of nitrogens with zero attached hydrogens (tertiary/aromatic N) is 5. The zero-order valence-electron chi connectivity index (χ0n) is 22.5. The third-order valence-corrected chi connectivity index (χ3v) is 5.68. The number of anilines is 2. The Kier molecular flexibility index (Phi) is 10.1. The molecule has 204 valence electrons. The molecule has 0 radical (unpaired) electrons. The first kappa shape index (κ1) is 29.1. The molecule has 0 saturated carbocycles. The summed E-state index contributed by atoms with van der Waals surface area (Å²) in [5.74, 6) is 1.63. The number of aromatic nitrogens is 4. The lowest BCUT2D eigenvalue weighted by Gasteiger charge is -2.16. The normalized spacial score (nSPS) is 9.90. The van der Waals surface area contributed by atoms with Crippen molar-refractivity contribution in [2.75, 3.05) is 38.5 Å². The Morgan fingerprint density at radius 1 is 0.800 bits per heavy atom. The molecule has 0 aliphatic rings. The lowest BCUT2D eigenvalue weighted by molar-refractivity contribution is -0.113. The van der Waals surface area contributed by atoms with Gasteiger partial charge in [0.15, 0.2) is 23.1 Å². The van der Waals surface area contributed by atoms with Gasteiger partial charge in [-0.15, -0.1) is 20.4 Å². The highest BCUT2D eigenvalue weighted by atomic mass is 16.5. The van der Waals surface area contributed by atoms with Gasteiger partial charge in [-0.25, -0.2) is 0 Å². The van der Waals surface area contributed by atoms with Gasteiger partial charge < -0.3 is 14.8 Å². The maximum atomic E-state index is 11.7. The molecule has 0 atom stereocenters. The molecular formula is C29H28N6O5. The Labute approximate surface area is 231 Å². The van der Waals surface area contributed by atoms with Crippen LogP contribution in [0.1, 0.15) is 20.7 Å². The molecule has 1 N–H and O–H groups in total. The maximum Gasteiger partial charge on any atom is 0.251 e. The average molecular weight is 541 g/mol. The molecule has 11 nitrogen and oxygen atoms in total. The van der Waals surface area contributed by atoms with Gasteiger partial charge in [0.25, 0.3) is 5.91 Å². The summed E-state index contributed by atoms with van der Waals surface area (Å²) >= 11 is 0. The predicted molar refractivity (Wildman–Crippen MR) is 152 cm³/mol. The summed E-state index contributed by atoms with van der Waals surface area (Å²) < 4.78 is 10.5. The molecule has 2 aromatic heterocycles. The number of hydrogen-bond donors (Lipinski definition) is 1. The number of carbonyl (C=O) groups excluding carboxylic acids is 3. The molecule has 4 rings (SSSR count). The maximum absolute atomic E-state index is 11.7. The molecule has 0 fully saturated rings. The summed E-state index contributed by atoms with van der Waals surface area (Å²) in [7, 11) is 6.39. The molecule has 0 aliphatic carbocycles. The molecule has 0 aliphatic heterocycles. The Balaban J connectivity index is 0.000000225. The van der Waals surface area contributed by atoms with E-state index in [1.807, 2.05) is 12.1 Å². The molecule has 2 aromatic carbocycles. The van der Waals surface area contributed by atoms with Gasteiger partial charge in [0.1, 0.15) is 12.6 Å². The minimum Gasteiger partial charge on any atom is -0.493 e. The van der Waals surface area contributed by atoms with E-state index in [9.17, 15) is 14.4 Å². The van der Waals surface area contributed by atoms with Crippen LogP contribution in [-0.2, 0) is 4.79 Å². The van der Waals surface area contributed by atoms with E-state index in [1.165, 1.54) is 18.1 Å². The van der Waals surface area contributed by atoms with Crippen LogP contribution in [0.25, 0.3) is 22.5 Å². The number of methoxy groups -OCH3 is 2. The van der Waals surface area contributed by atoms with Crippen LogP contribution in [0.4, 0.5) is 11.6 Å². The average Bonchev–Trinajstić information content (AvgIpc) is 3.03. The molecule has 0 saturated heterocycles. The van der Waals surface area contributed by atoms with E-state index in [2.05, 4.69) is 32.3 Å². The minimum atomic E-state index is -0.310. The van der Waals surface area contributed by atoms with E-state index >= 15 is 0 Å². The van der Waals surface area contributed by atoms with E-state index in [0.717, 1.165) is 23.7 Å².